The molecule has 0 heterocycles. The number of fused-ring (bicyclic) bond motifs is 1. The Hall–Kier alpha value is -2.83. The molecule has 0 radical (unpaired) electrons. The molecule has 31 heavy (non-hydrogen) atoms. The normalized spacial score (nSPS) is 19.1. The third kappa shape index (κ3) is 5.09. The van der Waals surface area contributed by atoms with Gasteiger partial charge in [0, 0.05) is 17.2 Å². The van der Waals surface area contributed by atoms with Crippen LogP contribution >= 0.6 is 0 Å². The summed E-state index contributed by atoms with van der Waals surface area (Å²) >= 11 is 0. The zero-order valence-electron chi connectivity index (χ0n) is 18.5. The van der Waals surface area contributed by atoms with E-state index in [4.69, 9.17) is 5.11 Å². The fourth-order valence-corrected chi connectivity index (χ4v) is 4.51. The first-order valence-electron chi connectivity index (χ1n) is 11.2. The lowest BCUT2D eigenvalue weighted by Gasteiger charge is -2.39. The van der Waals surface area contributed by atoms with Crippen LogP contribution in [-0.4, -0.2) is 17.6 Å². The SMILES string of the molecule is C=Cc1cc(C#Cc2ccc(CC(=O)O)cc2)cc2c1C(NCC1CC1)CCC2(C)C. The maximum Gasteiger partial charge on any atom is 0.307 e. The van der Waals surface area contributed by atoms with Gasteiger partial charge in [-0.25, -0.2) is 0 Å². The third-order valence-electron chi connectivity index (χ3n) is 6.58. The summed E-state index contributed by atoms with van der Waals surface area (Å²) < 4.78 is 0. The number of benzene rings is 2. The smallest absolute Gasteiger partial charge is 0.307 e. The van der Waals surface area contributed by atoms with Crippen LogP contribution in [0.2, 0.25) is 0 Å². The first-order valence-corrected chi connectivity index (χ1v) is 11.2. The second kappa shape index (κ2) is 8.73. The van der Waals surface area contributed by atoms with E-state index in [1.54, 1.807) is 0 Å². The van der Waals surface area contributed by atoms with Crippen molar-refractivity contribution >= 4 is 12.0 Å². The summed E-state index contributed by atoms with van der Waals surface area (Å²) in [5.74, 6) is 6.60. The third-order valence-corrected chi connectivity index (χ3v) is 6.58. The van der Waals surface area contributed by atoms with E-state index in [1.807, 2.05) is 30.3 Å². The van der Waals surface area contributed by atoms with E-state index >= 15 is 0 Å². The Morgan fingerprint density at radius 1 is 1.16 bits per heavy atom. The number of nitrogens with one attached hydrogen (secondary N) is 1. The van der Waals surface area contributed by atoms with Crippen LogP contribution in [0.3, 0.4) is 0 Å². The van der Waals surface area contributed by atoms with Crippen LogP contribution in [0, 0.1) is 17.8 Å². The Bertz CT molecular complexity index is 1050. The molecule has 4 rings (SSSR count). The first-order chi connectivity index (χ1) is 14.9. The van der Waals surface area contributed by atoms with Crippen LogP contribution in [-0.2, 0) is 16.6 Å². The van der Waals surface area contributed by atoms with Crippen molar-refractivity contribution < 1.29 is 9.90 Å². The predicted molar refractivity (Wildman–Crippen MR) is 126 cm³/mol. The van der Waals surface area contributed by atoms with Gasteiger partial charge in [0.25, 0.3) is 0 Å². The van der Waals surface area contributed by atoms with Crippen LogP contribution in [0.1, 0.15) is 79.0 Å². The monoisotopic (exact) mass is 413 g/mol. The molecule has 1 saturated carbocycles. The second-order valence-electron chi connectivity index (χ2n) is 9.58. The summed E-state index contributed by atoms with van der Waals surface area (Å²) in [5, 5.41) is 12.7. The highest BCUT2D eigenvalue weighted by molar-refractivity contribution is 5.70. The van der Waals surface area contributed by atoms with Gasteiger partial charge in [-0.2, -0.15) is 0 Å². The van der Waals surface area contributed by atoms with Gasteiger partial charge in [-0.1, -0.05) is 50.5 Å². The van der Waals surface area contributed by atoms with Crippen LogP contribution in [0.4, 0.5) is 0 Å². The Labute approximate surface area is 185 Å². The van der Waals surface area contributed by atoms with Crippen molar-refractivity contribution in [1.29, 1.82) is 0 Å². The minimum atomic E-state index is -0.822. The fraction of sp³-hybridized carbons (Fsp3) is 0.393. The van der Waals surface area contributed by atoms with Crippen molar-refractivity contribution in [1.82, 2.24) is 5.32 Å². The number of hydrogen-bond donors (Lipinski definition) is 2. The summed E-state index contributed by atoms with van der Waals surface area (Å²) in [7, 11) is 0. The van der Waals surface area contributed by atoms with E-state index in [-0.39, 0.29) is 11.8 Å². The lowest BCUT2D eigenvalue weighted by molar-refractivity contribution is -0.136. The van der Waals surface area contributed by atoms with Crippen LogP contribution in [0.5, 0.6) is 0 Å². The van der Waals surface area contributed by atoms with Crippen molar-refractivity contribution in [2.45, 2.75) is 57.4 Å². The first kappa shape index (κ1) is 21.4. The van der Waals surface area contributed by atoms with Gasteiger partial charge in [-0.05, 0) is 90.1 Å². The minimum absolute atomic E-state index is 0.0340. The van der Waals surface area contributed by atoms with Gasteiger partial charge in [0.1, 0.15) is 0 Å². The molecule has 1 unspecified atom stereocenters. The standard InChI is InChI=1S/C28H31NO2/c1-4-23-15-22(12-7-19-5-8-20(9-6-19)17-26(30)31)16-24-27(23)25(13-14-28(24,2)3)29-18-21-10-11-21/h4-6,8-9,15-16,21,25,29H,1,10-11,13-14,17-18H2,2-3H3,(H,30,31). The van der Waals surface area contributed by atoms with Gasteiger partial charge < -0.3 is 10.4 Å². The average molecular weight is 414 g/mol. The topological polar surface area (TPSA) is 49.3 Å². The molecule has 1 atom stereocenters. The van der Waals surface area contributed by atoms with Gasteiger partial charge in [0.05, 0.1) is 6.42 Å². The van der Waals surface area contributed by atoms with Gasteiger partial charge in [-0.3, -0.25) is 4.79 Å². The number of hydrogen-bond acceptors (Lipinski definition) is 2. The Morgan fingerprint density at radius 2 is 1.87 bits per heavy atom. The lowest BCUT2D eigenvalue weighted by atomic mass is 9.69. The van der Waals surface area contributed by atoms with Gasteiger partial charge in [0.15, 0.2) is 0 Å². The second-order valence-corrected chi connectivity index (χ2v) is 9.58. The van der Waals surface area contributed by atoms with E-state index < -0.39 is 5.97 Å². The highest BCUT2D eigenvalue weighted by Gasteiger charge is 2.35. The van der Waals surface area contributed by atoms with E-state index in [9.17, 15) is 4.79 Å². The number of aliphatic carboxylic acids is 1. The van der Waals surface area contributed by atoms with Crippen LogP contribution < -0.4 is 5.32 Å². The van der Waals surface area contributed by atoms with Crippen molar-refractivity contribution in [2.24, 2.45) is 5.92 Å². The molecule has 1 fully saturated rings. The number of carbonyl (C=O) groups is 1. The molecule has 2 aromatic rings. The average Bonchev–Trinajstić information content (AvgIpc) is 3.56. The highest BCUT2D eigenvalue weighted by atomic mass is 16.4. The van der Waals surface area contributed by atoms with E-state index in [0.717, 1.165) is 42.0 Å². The fourth-order valence-electron chi connectivity index (χ4n) is 4.51. The molecule has 0 spiro atoms. The number of carboxylic acids is 1. The minimum Gasteiger partial charge on any atom is -0.481 e. The van der Waals surface area contributed by atoms with Crippen molar-refractivity contribution in [3.8, 4) is 11.8 Å². The molecular formula is C28H31NO2. The van der Waals surface area contributed by atoms with Crippen LogP contribution in [0.25, 0.3) is 6.08 Å². The Kier molecular flexibility index (Phi) is 6.03. The van der Waals surface area contributed by atoms with E-state index in [2.05, 4.69) is 49.7 Å². The van der Waals surface area contributed by atoms with Crippen molar-refractivity contribution in [3.63, 3.8) is 0 Å². The van der Waals surface area contributed by atoms with E-state index in [0.29, 0.717) is 6.04 Å². The zero-order valence-corrected chi connectivity index (χ0v) is 18.5. The molecule has 0 saturated heterocycles. The van der Waals surface area contributed by atoms with Crippen molar-refractivity contribution in [2.75, 3.05) is 6.54 Å². The molecule has 3 nitrogen and oxygen atoms in total. The number of carboxylic acid groups (broad SMARTS) is 1. The highest BCUT2D eigenvalue weighted by Crippen LogP contribution is 2.44. The summed E-state index contributed by atoms with van der Waals surface area (Å²) in [6.45, 7) is 9.86. The summed E-state index contributed by atoms with van der Waals surface area (Å²) in [6.07, 6.45) is 7.03. The molecule has 0 aliphatic heterocycles. The van der Waals surface area contributed by atoms with Gasteiger partial charge in [-0.15, -0.1) is 0 Å². The zero-order chi connectivity index (χ0) is 22.0. The summed E-state index contributed by atoms with van der Waals surface area (Å²) in [6, 6.07) is 12.3. The molecule has 2 aliphatic carbocycles. The van der Waals surface area contributed by atoms with E-state index in [1.165, 1.54) is 29.5 Å². The largest absolute Gasteiger partial charge is 0.481 e. The van der Waals surface area contributed by atoms with Crippen molar-refractivity contribution in [3.05, 3.63) is 76.4 Å². The Morgan fingerprint density at radius 3 is 2.52 bits per heavy atom. The molecule has 2 aromatic carbocycles. The quantitative estimate of drug-likeness (QED) is 0.618. The predicted octanol–water partition coefficient (Wildman–Crippen LogP) is 5.47. The van der Waals surface area contributed by atoms with Gasteiger partial charge >= 0.3 is 5.97 Å². The summed E-state index contributed by atoms with van der Waals surface area (Å²) in [5.41, 5.74) is 6.74. The molecule has 2 aliphatic rings. The lowest BCUT2D eigenvalue weighted by Crippen LogP contribution is -2.34. The molecular weight excluding hydrogens is 382 g/mol. The molecule has 3 heteroatoms. The molecule has 160 valence electrons. The molecule has 2 N–H and O–H groups in total. The molecule has 0 aromatic heterocycles. The van der Waals surface area contributed by atoms with Crippen LogP contribution in [0.15, 0.2) is 43.0 Å². The van der Waals surface area contributed by atoms with Gasteiger partial charge in [0.2, 0.25) is 0 Å². The maximum absolute atomic E-state index is 10.9. The maximum atomic E-state index is 10.9. The molecule has 0 amide bonds. The summed E-state index contributed by atoms with van der Waals surface area (Å²) in [4.78, 5) is 10.9. The Balaban J connectivity index is 1.63. The molecule has 0 bridgehead atoms. The number of rotatable bonds is 6.